The van der Waals surface area contributed by atoms with Crippen molar-refractivity contribution in [1.82, 2.24) is 10.3 Å². The van der Waals surface area contributed by atoms with E-state index in [2.05, 4.69) is 24.1 Å². The van der Waals surface area contributed by atoms with E-state index in [4.69, 9.17) is 16.3 Å². The molecule has 0 fully saturated rings. The molecule has 1 N–H and O–H groups in total. The third-order valence-corrected chi connectivity index (χ3v) is 3.53. The summed E-state index contributed by atoms with van der Waals surface area (Å²) in [5.41, 5.74) is 1.13. The summed E-state index contributed by atoms with van der Waals surface area (Å²) < 4.78 is 5.84. The van der Waals surface area contributed by atoms with Crippen LogP contribution in [0.2, 0.25) is 5.02 Å². The second-order valence-corrected chi connectivity index (χ2v) is 5.04. The second kappa shape index (κ2) is 9.29. The van der Waals surface area contributed by atoms with E-state index >= 15 is 0 Å². The number of aromatic nitrogens is 1. The second-order valence-electron chi connectivity index (χ2n) is 4.63. The summed E-state index contributed by atoms with van der Waals surface area (Å²) in [7, 11) is 0. The van der Waals surface area contributed by atoms with Crippen LogP contribution in [0.15, 0.2) is 18.5 Å². The first-order valence-electron chi connectivity index (χ1n) is 7.16. The van der Waals surface area contributed by atoms with Crippen molar-refractivity contribution in [2.45, 2.75) is 52.2 Å². The van der Waals surface area contributed by atoms with Crippen molar-refractivity contribution in [2.75, 3.05) is 13.2 Å². The minimum atomic E-state index is 0.223. The Balaban J connectivity index is 2.75. The number of rotatable bonds is 9. The average molecular weight is 285 g/mol. The lowest BCUT2D eigenvalue weighted by Gasteiger charge is -2.27. The predicted octanol–water partition coefficient (Wildman–Crippen LogP) is 3.46. The molecule has 0 saturated heterocycles. The van der Waals surface area contributed by atoms with Gasteiger partial charge in [0.05, 0.1) is 11.1 Å². The molecule has 0 aliphatic heterocycles. The summed E-state index contributed by atoms with van der Waals surface area (Å²) >= 11 is 6.20. The Morgan fingerprint density at radius 3 is 2.74 bits per heavy atom. The van der Waals surface area contributed by atoms with E-state index in [1.807, 2.05) is 13.0 Å². The van der Waals surface area contributed by atoms with Crippen molar-refractivity contribution in [2.24, 2.45) is 0 Å². The molecule has 1 aromatic rings. The first kappa shape index (κ1) is 16.4. The van der Waals surface area contributed by atoms with Crippen LogP contribution in [0.25, 0.3) is 0 Å². The molecular formula is C15H25ClN2O. The van der Waals surface area contributed by atoms with E-state index in [9.17, 15) is 0 Å². The largest absolute Gasteiger partial charge is 0.377 e. The molecule has 1 aromatic heterocycles. The number of halogens is 1. The summed E-state index contributed by atoms with van der Waals surface area (Å²) in [5, 5.41) is 4.31. The van der Waals surface area contributed by atoms with E-state index in [-0.39, 0.29) is 6.10 Å². The number of hydrogen-bond donors (Lipinski definition) is 1. The Bertz CT molecular complexity index is 360. The zero-order valence-corrected chi connectivity index (χ0v) is 12.9. The number of hydrogen-bond acceptors (Lipinski definition) is 3. The lowest BCUT2D eigenvalue weighted by Crippen LogP contribution is -2.43. The predicted molar refractivity (Wildman–Crippen MR) is 80.7 cm³/mol. The maximum Gasteiger partial charge on any atom is 0.0728 e. The zero-order valence-electron chi connectivity index (χ0n) is 12.2. The summed E-state index contributed by atoms with van der Waals surface area (Å²) in [6, 6.07) is 2.28. The van der Waals surface area contributed by atoms with Crippen LogP contribution in [0.3, 0.4) is 0 Å². The number of pyridine rings is 1. The van der Waals surface area contributed by atoms with Gasteiger partial charge in [-0.3, -0.25) is 4.98 Å². The highest BCUT2D eigenvalue weighted by atomic mass is 35.5. The third kappa shape index (κ3) is 5.47. The Morgan fingerprint density at radius 2 is 2.16 bits per heavy atom. The maximum atomic E-state index is 6.20. The van der Waals surface area contributed by atoms with E-state index in [1.54, 1.807) is 12.4 Å². The van der Waals surface area contributed by atoms with Gasteiger partial charge in [-0.1, -0.05) is 25.4 Å². The molecule has 0 aromatic carbocycles. The monoisotopic (exact) mass is 284 g/mol. The van der Waals surface area contributed by atoms with Gasteiger partial charge in [0, 0.05) is 25.0 Å². The highest BCUT2D eigenvalue weighted by Gasteiger charge is 2.21. The van der Waals surface area contributed by atoms with Crippen molar-refractivity contribution < 1.29 is 4.74 Å². The van der Waals surface area contributed by atoms with Gasteiger partial charge in [-0.25, -0.2) is 0 Å². The minimum absolute atomic E-state index is 0.223. The molecule has 108 valence electrons. The lowest BCUT2D eigenvalue weighted by atomic mass is 10.00. The van der Waals surface area contributed by atoms with Gasteiger partial charge >= 0.3 is 0 Å². The number of ether oxygens (including phenoxy) is 1. The van der Waals surface area contributed by atoms with Crippen LogP contribution in [0, 0.1) is 0 Å². The van der Waals surface area contributed by atoms with Crippen LogP contribution in [-0.4, -0.2) is 30.3 Å². The molecule has 0 radical (unpaired) electrons. The smallest absolute Gasteiger partial charge is 0.0728 e. The minimum Gasteiger partial charge on any atom is -0.377 e. The first-order valence-corrected chi connectivity index (χ1v) is 7.54. The van der Waals surface area contributed by atoms with Gasteiger partial charge in [-0.15, -0.1) is 0 Å². The molecule has 4 heteroatoms. The zero-order chi connectivity index (χ0) is 14.1. The number of nitrogens with one attached hydrogen (secondary N) is 1. The fourth-order valence-corrected chi connectivity index (χ4v) is 2.40. The molecule has 2 atom stereocenters. The van der Waals surface area contributed by atoms with Crippen LogP contribution in [0.1, 0.15) is 39.2 Å². The summed E-state index contributed by atoms with van der Waals surface area (Å²) in [6.45, 7) is 8.11. The van der Waals surface area contributed by atoms with Crippen molar-refractivity contribution in [3.8, 4) is 0 Å². The molecule has 0 saturated carbocycles. The summed E-state index contributed by atoms with van der Waals surface area (Å²) in [4.78, 5) is 4.03. The quantitative estimate of drug-likeness (QED) is 0.754. The van der Waals surface area contributed by atoms with Crippen molar-refractivity contribution in [3.05, 3.63) is 29.0 Å². The highest BCUT2D eigenvalue weighted by Crippen LogP contribution is 2.18. The Kier molecular flexibility index (Phi) is 8.03. The molecule has 2 unspecified atom stereocenters. The van der Waals surface area contributed by atoms with Gasteiger partial charge in [-0.05, 0) is 44.4 Å². The Hall–Kier alpha value is -0.640. The van der Waals surface area contributed by atoms with Gasteiger partial charge < -0.3 is 10.1 Å². The normalized spacial score (nSPS) is 14.3. The Labute approximate surface area is 121 Å². The van der Waals surface area contributed by atoms with Crippen molar-refractivity contribution in [1.29, 1.82) is 0 Å². The fourth-order valence-electron chi connectivity index (χ4n) is 2.20. The molecule has 0 amide bonds. The SMILES string of the molecule is CCCNC(Cc1ccncc1Cl)C(CC)OCC. The van der Waals surface area contributed by atoms with E-state index in [1.165, 1.54) is 0 Å². The van der Waals surface area contributed by atoms with Crippen molar-refractivity contribution >= 4 is 11.6 Å². The maximum absolute atomic E-state index is 6.20. The van der Waals surface area contributed by atoms with E-state index in [0.717, 1.165) is 43.0 Å². The van der Waals surface area contributed by atoms with Crippen LogP contribution in [0.4, 0.5) is 0 Å². The standard InChI is InChI=1S/C15H25ClN2O/c1-4-8-18-14(15(5-2)19-6-3)10-12-7-9-17-11-13(12)16/h7,9,11,14-15,18H,4-6,8,10H2,1-3H3. The molecule has 0 aliphatic carbocycles. The molecule has 1 heterocycles. The third-order valence-electron chi connectivity index (χ3n) is 3.18. The molecular weight excluding hydrogens is 260 g/mol. The summed E-state index contributed by atoms with van der Waals surface area (Å²) in [6.07, 6.45) is 6.71. The van der Waals surface area contributed by atoms with Gasteiger partial charge in [-0.2, -0.15) is 0 Å². The fraction of sp³-hybridized carbons (Fsp3) is 0.667. The highest BCUT2D eigenvalue weighted by molar-refractivity contribution is 6.31. The molecule has 0 spiro atoms. The summed E-state index contributed by atoms with van der Waals surface area (Å²) in [5.74, 6) is 0. The van der Waals surface area contributed by atoms with Gasteiger partial charge in [0.15, 0.2) is 0 Å². The van der Waals surface area contributed by atoms with Gasteiger partial charge in [0.1, 0.15) is 0 Å². The van der Waals surface area contributed by atoms with Crippen LogP contribution in [0.5, 0.6) is 0 Å². The molecule has 3 nitrogen and oxygen atoms in total. The average Bonchev–Trinajstić information content (AvgIpc) is 2.43. The Morgan fingerprint density at radius 1 is 1.37 bits per heavy atom. The van der Waals surface area contributed by atoms with E-state index < -0.39 is 0 Å². The molecule has 19 heavy (non-hydrogen) atoms. The van der Waals surface area contributed by atoms with Crippen LogP contribution >= 0.6 is 11.6 Å². The molecule has 1 rings (SSSR count). The lowest BCUT2D eigenvalue weighted by molar-refractivity contribution is 0.0320. The first-order chi connectivity index (χ1) is 9.22. The van der Waals surface area contributed by atoms with Gasteiger partial charge in [0.25, 0.3) is 0 Å². The van der Waals surface area contributed by atoms with Crippen LogP contribution < -0.4 is 5.32 Å². The molecule has 0 bridgehead atoms. The molecule has 0 aliphatic rings. The van der Waals surface area contributed by atoms with Crippen LogP contribution in [-0.2, 0) is 11.2 Å². The van der Waals surface area contributed by atoms with Gasteiger partial charge in [0.2, 0.25) is 0 Å². The number of nitrogens with zero attached hydrogens (tertiary/aromatic N) is 1. The topological polar surface area (TPSA) is 34.2 Å². The van der Waals surface area contributed by atoms with E-state index in [0.29, 0.717) is 6.04 Å². The van der Waals surface area contributed by atoms with Crippen molar-refractivity contribution in [3.63, 3.8) is 0 Å².